The Morgan fingerprint density at radius 2 is 1.78 bits per heavy atom. The molecule has 27 heavy (non-hydrogen) atoms. The predicted molar refractivity (Wildman–Crippen MR) is 112 cm³/mol. The first-order valence-electron chi connectivity index (χ1n) is 8.46. The van der Waals surface area contributed by atoms with E-state index in [1.807, 2.05) is 47.8 Å². The van der Waals surface area contributed by atoms with Crippen molar-refractivity contribution in [2.45, 2.75) is 4.90 Å². The zero-order chi connectivity index (χ0) is 19.6. The van der Waals surface area contributed by atoms with Crippen LogP contribution in [0.5, 0.6) is 0 Å². The van der Waals surface area contributed by atoms with Gasteiger partial charge in [0.05, 0.1) is 9.92 Å². The molecule has 0 spiro atoms. The molecule has 2 heterocycles. The number of pyridine rings is 1. The number of rotatable bonds is 5. The van der Waals surface area contributed by atoms with Gasteiger partial charge < -0.3 is 10.2 Å². The van der Waals surface area contributed by atoms with E-state index in [0.29, 0.717) is 11.3 Å². The van der Waals surface area contributed by atoms with E-state index >= 15 is 0 Å². The number of carbonyl (C=O) groups excluding carboxylic acids is 1. The molecule has 0 bridgehead atoms. The lowest BCUT2D eigenvalue weighted by molar-refractivity contribution is -0.104. The molecule has 8 heteroatoms. The van der Waals surface area contributed by atoms with Gasteiger partial charge in [-0.3, -0.25) is 4.79 Å². The van der Waals surface area contributed by atoms with Crippen molar-refractivity contribution in [1.82, 2.24) is 9.29 Å². The highest BCUT2D eigenvalue weighted by molar-refractivity contribution is 7.82. The lowest BCUT2D eigenvalue weighted by Gasteiger charge is -2.34. The number of carbonyl (C=O) groups is 1. The van der Waals surface area contributed by atoms with Crippen molar-refractivity contribution in [3.05, 3.63) is 60.3 Å². The van der Waals surface area contributed by atoms with Crippen LogP contribution in [-0.2, 0) is 15.8 Å². The molecule has 1 saturated heterocycles. The van der Waals surface area contributed by atoms with Gasteiger partial charge in [-0.15, -0.1) is 0 Å². The van der Waals surface area contributed by atoms with Crippen LogP contribution in [0.2, 0.25) is 5.02 Å². The van der Waals surface area contributed by atoms with Crippen LogP contribution in [0.3, 0.4) is 0 Å². The van der Waals surface area contributed by atoms with Crippen LogP contribution in [0.1, 0.15) is 0 Å². The molecule has 3 rings (SSSR count). The number of benzene rings is 1. The minimum atomic E-state index is -1.12. The first-order valence-corrected chi connectivity index (χ1v) is 9.95. The fourth-order valence-corrected chi connectivity index (χ4v) is 3.80. The SMILES string of the molecule is C=CC=O.CNc1ccc(S(=O)N2CCN(c3ccc(Cl)cn3)CC2)cc1. The largest absolute Gasteiger partial charge is 0.388 e. The molecule has 1 unspecified atom stereocenters. The number of aromatic nitrogens is 1. The third-order valence-electron chi connectivity index (χ3n) is 3.95. The number of piperazine rings is 1. The lowest BCUT2D eigenvalue weighted by Crippen LogP contribution is -2.47. The summed E-state index contributed by atoms with van der Waals surface area (Å²) in [6.45, 7) is 6.19. The Balaban J connectivity index is 0.000000596. The first-order chi connectivity index (χ1) is 13.1. The zero-order valence-electron chi connectivity index (χ0n) is 15.2. The lowest BCUT2D eigenvalue weighted by atomic mass is 10.3. The maximum atomic E-state index is 12.7. The van der Waals surface area contributed by atoms with Crippen molar-refractivity contribution in [1.29, 1.82) is 0 Å². The number of halogens is 1. The summed E-state index contributed by atoms with van der Waals surface area (Å²) >= 11 is 5.87. The van der Waals surface area contributed by atoms with Gasteiger partial charge >= 0.3 is 0 Å². The number of anilines is 2. The summed E-state index contributed by atoms with van der Waals surface area (Å²) in [5.74, 6) is 0.915. The maximum absolute atomic E-state index is 12.7. The van der Waals surface area contributed by atoms with Crippen molar-refractivity contribution in [3.8, 4) is 0 Å². The second-order valence-electron chi connectivity index (χ2n) is 5.65. The predicted octanol–water partition coefficient (Wildman–Crippen LogP) is 2.99. The minimum Gasteiger partial charge on any atom is -0.388 e. The van der Waals surface area contributed by atoms with E-state index in [4.69, 9.17) is 16.4 Å². The number of aldehydes is 1. The van der Waals surface area contributed by atoms with Crippen LogP contribution in [0.15, 0.2) is 60.1 Å². The Hall–Kier alpha value is -2.22. The van der Waals surface area contributed by atoms with Crippen molar-refractivity contribution in [3.63, 3.8) is 0 Å². The smallest absolute Gasteiger partial charge is 0.142 e. The Morgan fingerprint density at radius 1 is 1.15 bits per heavy atom. The molecule has 1 aromatic carbocycles. The van der Waals surface area contributed by atoms with E-state index in [2.05, 4.69) is 21.8 Å². The fraction of sp³-hybridized carbons (Fsp3) is 0.263. The molecule has 1 atom stereocenters. The van der Waals surface area contributed by atoms with Gasteiger partial charge in [0.2, 0.25) is 0 Å². The van der Waals surface area contributed by atoms with Crippen molar-refractivity contribution in [2.75, 3.05) is 43.4 Å². The Labute approximate surface area is 167 Å². The zero-order valence-corrected chi connectivity index (χ0v) is 16.7. The molecule has 2 aromatic rings. The van der Waals surface area contributed by atoms with Crippen LogP contribution in [0.4, 0.5) is 11.5 Å². The quantitative estimate of drug-likeness (QED) is 0.610. The third-order valence-corrected chi connectivity index (χ3v) is 5.68. The van der Waals surface area contributed by atoms with Gasteiger partial charge in [0.25, 0.3) is 0 Å². The second-order valence-corrected chi connectivity index (χ2v) is 7.57. The third kappa shape index (κ3) is 6.16. The Bertz CT molecular complexity index is 754. The molecular weight excluding hydrogens is 384 g/mol. The summed E-state index contributed by atoms with van der Waals surface area (Å²) in [6, 6.07) is 11.5. The van der Waals surface area contributed by atoms with Crippen molar-refractivity contribution >= 4 is 40.4 Å². The molecular formula is C19H23ClN4O2S. The molecule has 0 aliphatic carbocycles. The molecule has 0 radical (unpaired) electrons. The molecule has 1 aromatic heterocycles. The molecule has 0 saturated carbocycles. The first kappa shape index (κ1) is 21.1. The van der Waals surface area contributed by atoms with Crippen LogP contribution in [0.25, 0.3) is 0 Å². The maximum Gasteiger partial charge on any atom is 0.142 e. The van der Waals surface area contributed by atoms with Gasteiger partial charge in [-0.05, 0) is 42.5 Å². The standard InChI is InChI=1S/C16H19ClN4OS.C3H4O/c1-18-14-3-5-15(6-4-14)23(22)21-10-8-20(9-11-21)16-7-2-13(17)12-19-16;1-2-3-4/h2-7,12,18H,8-11H2,1H3;2-3H,1H2. The summed E-state index contributed by atoms with van der Waals surface area (Å²) in [4.78, 5) is 16.4. The topological polar surface area (TPSA) is 65.5 Å². The molecule has 0 amide bonds. The van der Waals surface area contributed by atoms with E-state index < -0.39 is 11.0 Å². The highest BCUT2D eigenvalue weighted by Gasteiger charge is 2.22. The number of hydrogen-bond acceptors (Lipinski definition) is 5. The second kappa shape index (κ2) is 10.8. The fourth-order valence-electron chi connectivity index (χ4n) is 2.53. The van der Waals surface area contributed by atoms with Crippen molar-refractivity contribution < 1.29 is 9.00 Å². The molecule has 1 aliphatic rings. The van der Waals surface area contributed by atoms with E-state index in [0.717, 1.165) is 42.6 Å². The van der Waals surface area contributed by atoms with Gasteiger partial charge in [0, 0.05) is 45.1 Å². The summed E-state index contributed by atoms with van der Waals surface area (Å²) in [7, 11) is 0.753. The molecule has 6 nitrogen and oxygen atoms in total. The number of allylic oxidation sites excluding steroid dienone is 1. The monoisotopic (exact) mass is 406 g/mol. The van der Waals surface area contributed by atoms with Gasteiger partial charge in [-0.1, -0.05) is 18.2 Å². The highest BCUT2D eigenvalue weighted by Crippen LogP contribution is 2.19. The van der Waals surface area contributed by atoms with Gasteiger partial charge in [0.15, 0.2) is 0 Å². The van der Waals surface area contributed by atoms with E-state index in [-0.39, 0.29) is 0 Å². The molecule has 1 N–H and O–H groups in total. The van der Waals surface area contributed by atoms with Gasteiger partial charge in [0.1, 0.15) is 23.1 Å². The van der Waals surface area contributed by atoms with Gasteiger partial charge in [-0.25, -0.2) is 13.5 Å². The Kier molecular flexibility index (Phi) is 8.44. The number of nitrogens with one attached hydrogen (secondary N) is 1. The van der Waals surface area contributed by atoms with E-state index in [1.165, 1.54) is 6.08 Å². The van der Waals surface area contributed by atoms with Crippen LogP contribution in [0, 0.1) is 0 Å². The molecule has 1 aliphatic heterocycles. The molecule has 144 valence electrons. The Morgan fingerprint density at radius 3 is 2.26 bits per heavy atom. The molecule has 1 fully saturated rings. The normalized spacial score (nSPS) is 15.3. The van der Waals surface area contributed by atoms with E-state index in [9.17, 15) is 4.21 Å². The average Bonchev–Trinajstić information content (AvgIpc) is 2.74. The average molecular weight is 407 g/mol. The number of nitrogens with zero attached hydrogens (tertiary/aromatic N) is 3. The van der Waals surface area contributed by atoms with Crippen molar-refractivity contribution in [2.24, 2.45) is 0 Å². The van der Waals surface area contributed by atoms with Gasteiger partial charge in [-0.2, -0.15) is 0 Å². The summed E-state index contributed by atoms with van der Waals surface area (Å²) in [6.07, 6.45) is 3.49. The van der Waals surface area contributed by atoms with Crippen LogP contribution < -0.4 is 10.2 Å². The van der Waals surface area contributed by atoms with Crippen LogP contribution >= 0.6 is 11.6 Å². The summed E-state index contributed by atoms with van der Waals surface area (Å²) in [5.41, 5.74) is 1.02. The van der Waals surface area contributed by atoms with E-state index in [1.54, 1.807) is 6.20 Å². The highest BCUT2D eigenvalue weighted by atomic mass is 35.5. The number of hydrogen-bond donors (Lipinski definition) is 1. The summed E-state index contributed by atoms with van der Waals surface area (Å²) < 4.78 is 14.7. The van der Waals surface area contributed by atoms with Crippen LogP contribution in [-0.4, -0.2) is 53.0 Å². The minimum absolute atomic E-state index is 0.638. The summed E-state index contributed by atoms with van der Waals surface area (Å²) in [5, 5.41) is 3.70.